The molecule has 0 aliphatic heterocycles. The molecule has 1 N–H and O–H groups in total. The van der Waals surface area contributed by atoms with Crippen molar-refractivity contribution in [1.82, 2.24) is 5.32 Å². The van der Waals surface area contributed by atoms with Gasteiger partial charge in [0, 0.05) is 6.54 Å². The van der Waals surface area contributed by atoms with Crippen molar-refractivity contribution in [3.63, 3.8) is 0 Å². The minimum Gasteiger partial charge on any atom is -0.491 e. The molecule has 3 heteroatoms. The lowest BCUT2D eigenvalue weighted by Crippen LogP contribution is -2.19. The zero-order chi connectivity index (χ0) is 14.9. The molecule has 1 aliphatic carbocycles. The van der Waals surface area contributed by atoms with Crippen LogP contribution in [0.4, 0.5) is 0 Å². The van der Waals surface area contributed by atoms with Crippen LogP contribution < -0.4 is 10.1 Å². The molecule has 0 atom stereocenters. The number of ether oxygens (including phenoxy) is 2. The summed E-state index contributed by atoms with van der Waals surface area (Å²) in [5.41, 5.74) is 1.27. The van der Waals surface area contributed by atoms with Crippen LogP contribution in [0.5, 0.6) is 5.75 Å². The van der Waals surface area contributed by atoms with Crippen molar-refractivity contribution in [3.05, 3.63) is 29.8 Å². The van der Waals surface area contributed by atoms with Gasteiger partial charge in [0.25, 0.3) is 0 Å². The van der Waals surface area contributed by atoms with Crippen molar-refractivity contribution in [3.8, 4) is 5.75 Å². The maximum Gasteiger partial charge on any atom is 0.119 e. The van der Waals surface area contributed by atoms with Gasteiger partial charge in [-0.15, -0.1) is 0 Å². The number of rotatable bonds is 9. The van der Waals surface area contributed by atoms with Crippen molar-refractivity contribution >= 4 is 0 Å². The Morgan fingerprint density at radius 3 is 2.76 bits per heavy atom. The Kier molecular flexibility index (Phi) is 7.04. The molecule has 0 spiro atoms. The van der Waals surface area contributed by atoms with Crippen LogP contribution in [0.3, 0.4) is 0 Å². The number of nitrogens with one attached hydrogen (secondary N) is 1. The van der Waals surface area contributed by atoms with Crippen molar-refractivity contribution in [1.29, 1.82) is 0 Å². The Hall–Kier alpha value is -1.06. The summed E-state index contributed by atoms with van der Waals surface area (Å²) in [6.07, 6.45) is 5.54. The topological polar surface area (TPSA) is 30.5 Å². The maximum absolute atomic E-state index is 5.81. The molecule has 1 fully saturated rings. The predicted octanol–water partition coefficient (Wildman–Crippen LogP) is 3.77. The molecule has 0 heterocycles. The van der Waals surface area contributed by atoms with Gasteiger partial charge in [0.2, 0.25) is 0 Å². The van der Waals surface area contributed by atoms with Crippen molar-refractivity contribution < 1.29 is 9.47 Å². The lowest BCUT2D eigenvalue weighted by molar-refractivity contribution is 0.0382. The SMILES string of the molecule is CC(C)CNCc1cccc(OCCOC2CCCC2)c1. The molecule has 1 aromatic carbocycles. The Bertz CT molecular complexity index is 400. The minimum absolute atomic E-state index is 0.472. The Balaban J connectivity index is 1.65. The predicted molar refractivity (Wildman–Crippen MR) is 86.7 cm³/mol. The third-order valence-corrected chi connectivity index (χ3v) is 3.79. The monoisotopic (exact) mass is 291 g/mol. The van der Waals surface area contributed by atoms with Gasteiger partial charge in [-0.1, -0.05) is 38.8 Å². The van der Waals surface area contributed by atoms with Gasteiger partial charge in [-0.25, -0.2) is 0 Å². The highest BCUT2D eigenvalue weighted by Gasteiger charge is 2.14. The summed E-state index contributed by atoms with van der Waals surface area (Å²) in [7, 11) is 0. The first-order chi connectivity index (χ1) is 10.2. The van der Waals surface area contributed by atoms with Gasteiger partial charge >= 0.3 is 0 Å². The zero-order valence-corrected chi connectivity index (χ0v) is 13.4. The van der Waals surface area contributed by atoms with Gasteiger partial charge in [0.05, 0.1) is 12.7 Å². The third kappa shape index (κ3) is 6.49. The second kappa shape index (κ2) is 9.06. The van der Waals surface area contributed by atoms with E-state index in [4.69, 9.17) is 9.47 Å². The van der Waals surface area contributed by atoms with Gasteiger partial charge in [0.1, 0.15) is 12.4 Å². The highest BCUT2D eigenvalue weighted by atomic mass is 16.5. The molecule has 21 heavy (non-hydrogen) atoms. The van der Waals surface area contributed by atoms with E-state index in [0.717, 1.165) is 18.8 Å². The largest absolute Gasteiger partial charge is 0.491 e. The average molecular weight is 291 g/mol. The van der Waals surface area contributed by atoms with Crippen molar-refractivity contribution in [2.24, 2.45) is 5.92 Å². The van der Waals surface area contributed by atoms with E-state index >= 15 is 0 Å². The first-order valence-corrected chi connectivity index (χ1v) is 8.28. The van der Waals surface area contributed by atoms with Gasteiger partial charge in [0.15, 0.2) is 0 Å². The number of hydrogen-bond donors (Lipinski definition) is 1. The molecule has 3 nitrogen and oxygen atoms in total. The summed E-state index contributed by atoms with van der Waals surface area (Å²) in [6.45, 7) is 7.71. The van der Waals surface area contributed by atoms with Crippen LogP contribution in [0, 0.1) is 5.92 Å². The fourth-order valence-electron chi connectivity index (χ4n) is 2.68. The van der Waals surface area contributed by atoms with Crippen LogP contribution in [0.2, 0.25) is 0 Å². The molecule has 118 valence electrons. The summed E-state index contributed by atoms with van der Waals surface area (Å²) in [4.78, 5) is 0. The highest BCUT2D eigenvalue weighted by Crippen LogP contribution is 2.20. The molecule has 0 radical (unpaired) electrons. The van der Waals surface area contributed by atoms with E-state index in [2.05, 4.69) is 37.4 Å². The van der Waals surface area contributed by atoms with Crippen LogP contribution in [0.15, 0.2) is 24.3 Å². The molecule has 1 saturated carbocycles. The smallest absolute Gasteiger partial charge is 0.119 e. The first kappa shape index (κ1) is 16.3. The second-order valence-electron chi connectivity index (χ2n) is 6.30. The quantitative estimate of drug-likeness (QED) is 0.703. The molecular weight excluding hydrogens is 262 g/mol. The van der Waals surface area contributed by atoms with Gasteiger partial charge in [-0.2, -0.15) is 0 Å². The summed E-state index contributed by atoms with van der Waals surface area (Å²) in [5.74, 6) is 1.62. The Morgan fingerprint density at radius 2 is 2.00 bits per heavy atom. The van der Waals surface area contributed by atoms with Crippen LogP contribution in [-0.4, -0.2) is 25.9 Å². The number of hydrogen-bond acceptors (Lipinski definition) is 3. The standard InChI is InChI=1S/C18H29NO2/c1-15(2)13-19-14-16-6-5-9-18(12-16)21-11-10-20-17-7-3-4-8-17/h5-6,9,12,15,17,19H,3-4,7-8,10-11,13-14H2,1-2H3. The minimum atomic E-state index is 0.472. The summed E-state index contributed by atoms with van der Waals surface area (Å²) in [6, 6.07) is 8.32. The highest BCUT2D eigenvalue weighted by molar-refractivity contribution is 5.28. The molecule has 2 rings (SSSR count). The molecule has 1 aliphatic rings. The molecule has 0 saturated heterocycles. The summed E-state index contributed by atoms with van der Waals surface area (Å²) < 4.78 is 11.6. The van der Waals surface area contributed by atoms with E-state index in [9.17, 15) is 0 Å². The maximum atomic E-state index is 5.81. The zero-order valence-electron chi connectivity index (χ0n) is 13.4. The second-order valence-corrected chi connectivity index (χ2v) is 6.30. The third-order valence-electron chi connectivity index (χ3n) is 3.79. The van der Waals surface area contributed by atoms with Crippen molar-refractivity contribution in [2.45, 2.75) is 52.2 Å². The number of benzene rings is 1. The fraction of sp³-hybridized carbons (Fsp3) is 0.667. The first-order valence-electron chi connectivity index (χ1n) is 8.28. The summed E-state index contributed by atoms with van der Waals surface area (Å²) >= 11 is 0. The lowest BCUT2D eigenvalue weighted by atomic mass is 10.2. The van der Waals surface area contributed by atoms with Gasteiger partial charge in [-0.05, 0) is 43.0 Å². The van der Waals surface area contributed by atoms with Gasteiger partial charge in [-0.3, -0.25) is 0 Å². The van der Waals surface area contributed by atoms with Crippen LogP contribution in [0.25, 0.3) is 0 Å². The van der Waals surface area contributed by atoms with Crippen LogP contribution in [-0.2, 0) is 11.3 Å². The fourth-order valence-corrected chi connectivity index (χ4v) is 2.68. The van der Waals surface area contributed by atoms with Gasteiger partial charge < -0.3 is 14.8 Å². The van der Waals surface area contributed by atoms with Crippen molar-refractivity contribution in [2.75, 3.05) is 19.8 Å². The molecule has 0 unspecified atom stereocenters. The van der Waals surface area contributed by atoms with E-state index < -0.39 is 0 Å². The molecule has 0 amide bonds. The molecule has 0 bridgehead atoms. The normalized spacial score (nSPS) is 15.8. The van der Waals surface area contributed by atoms with Crippen LogP contribution in [0.1, 0.15) is 45.1 Å². The Morgan fingerprint density at radius 1 is 1.19 bits per heavy atom. The molecular formula is C18H29NO2. The summed E-state index contributed by atoms with van der Waals surface area (Å²) in [5, 5.41) is 3.45. The van der Waals surface area contributed by atoms with E-state index in [1.807, 2.05) is 6.07 Å². The Labute approximate surface area is 129 Å². The van der Waals surface area contributed by atoms with E-state index in [1.54, 1.807) is 0 Å². The van der Waals surface area contributed by atoms with E-state index in [-0.39, 0.29) is 0 Å². The van der Waals surface area contributed by atoms with E-state index in [0.29, 0.717) is 25.2 Å². The van der Waals surface area contributed by atoms with E-state index in [1.165, 1.54) is 31.2 Å². The molecule has 0 aromatic heterocycles. The van der Waals surface area contributed by atoms with Crippen LogP contribution >= 0.6 is 0 Å². The average Bonchev–Trinajstić information content (AvgIpc) is 2.97. The molecule has 1 aromatic rings. The lowest BCUT2D eigenvalue weighted by Gasteiger charge is -2.12.